The lowest BCUT2D eigenvalue weighted by atomic mass is 10.2. The Morgan fingerprint density at radius 1 is 1.31 bits per heavy atom. The maximum atomic E-state index is 11.3. The molecule has 0 amide bonds. The Balaban J connectivity index is 2.95. The predicted molar refractivity (Wildman–Crippen MR) is 54.8 cm³/mol. The topological polar surface area (TPSA) is 37.3 Å². The minimum atomic E-state index is -0.178. The number of benzene rings is 1. The number of hydrogen-bond donors (Lipinski definition) is 1. The van der Waals surface area contributed by atoms with Gasteiger partial charge in [0.15, 0.2) is 10.5 Å². The van der Waals surface area contributed by atoms with Gasteiger partial charge in [0.25, 0.3) is 0 Å². The van der Waals surface area contributed by atoms with Gasteiger partial charge in [-0.25, -0.2) is 0 Å². The molecule has 0 saturated heterocycles. The van der Waals surface area contributed by atoms with E-state index in [0.29, 0.717) is 15.1 Å². The summed E-state index contributed by atoms with van der Waals surface area (Å²) in [5.41, 5.74) is -0.178. The molecular weight excluding hydrogens is 208 g/mol. The monoisotopic (exact) mass is 212 g/mol. The summed E-state index contributed by atoms with van der Waals surface area (Å²) in [6.45, 7) is 0. The maximum absolute atomic E-state index is 11.3. The van der Waals surface area contributed by atoms with Gasteiger partial charge < -0.3 is 5.11 Å². The summed E-state index contributed by atoms with van der Waals surface area (Å²) in [6.07, 6.45) is 0. The second kappa shape index (κ2) is 3.01. The van der Waals surface area contributed by atoms with E-state index in [1.807, 2.05) is 0 Å². The molecule has 1 aromatic carbocycles. The molecule has 1 heterocycles. The molecule has 0 saturated carbocycles. The van der Waals surface area contributed by atoms with E-state index in [1.54, 1.807) is 18.2 Å². The van der Waals surface area contributed by atoms with Gasteiger partial charge in [-0.1, -0.05) is 22.9 Å². The molecule has 0 aliphatic rings. The van der Waals surface area contributed by atoms with Crippen LogP contribution in [0.15, 0.2) is 29.1 Å². The third-order valence-corrected chi connectivity index (χ3v) is 2.80. The SMILES string of the molecule is O=c1cc(O)sc2cc(Cl)ccc12. The molecule has 2 aromatic rings. The van der Waals surface area contributed by atoms with E-state index in [9.17, 15) is 9.90 Å². The first kappa shape index (κ1) is 8.53. The second-order valence-electron chi connectivity index (χ2n) is 2.59. The Morgan fingerprint density at radius 2 is 2.08 bits per heavy atom. The summed E-state index contributed by atoms with van der Waals surface area (Å²) in [5, 5.41) is 10.3. The van der Waals surface area contributed by atoms with Gasteiger partial charge in [0.2, 0.25) is 0 Å². The summed E-state index contributed by atoms with van der Waals surface area (Å²) in [6, 6.07) is 6.20. The van der Waals surface area contributed by atoms with Gasteiger partial charge in [-0.2, -0.15) is 0 Å². The fourth-order valence-electron chi connectivity index (χ4n) is 1.12. The smallest absolute Gasteiger partial charge is 0.191 e. The van der Waals surface area contributed by atoms with Crippen LogP contribution in [0.1, 0.15) is 0 Å². The van der Waals surface area contributed by atoms with Crippen molar-refractivity contribution in [1.29, 1.82) is 0 Å². The third-order valence-electron chi connectivity index (χ3n) is 1.68. The molecule has 0 bridgehead atoms. The van der Waals surface area contributed by atoms with Crippen molar-refractivity contribution in [2.24, 2.45) is 0 Å². The van der Waals surface area contributed by atoms with Crippen molar-refractivity contribution in [3.8, 4) is 5.06 Å². The van der Waals surface area contributed by atoms with Crippen molar-refractivity contribution in [2.75, 3.05) is 0 Å². The van der Waals surface area contributed by atoms with Crippen LogP contribution in [0.25, 0.3) is 10.1 Å². The van der Waals surface area contributed by atoms with Crippen LogP contribution in [0.4, 0.5) is 0 Å². The molecule has 4 heteroatoms. The zero-order chi connectivity index (χ0) is 9.42. The fraction of sp³-hybridized carbons (Fsp3) is 0. The fourth-order valence-corrected chi connectivity index (χ4v) is 2.21. The molecule has 2 rings (SSSR count). The van der Waals surface area contributed by atoms with Crippen LogP contribution in [0.2, 0.25) is 5.02 Å². The number of halogens is 1. The molecule has 0 unspecified atom stereocenters. The Hall–Kier alpha value is -1.06. The summed E-state index contributed by atoms with van der Waals surface area (Å²) >= 11 is 6.89. The highest BCUT2D eigenvalue weighted by molar-refractivity contribution is 7.20. The number of rotatable bonds is 0. The average Bonchev–Trinajstić information content (AvgIpc) is 2.02. The average molecular weight is 213 g/mol. The molecule has 2 nitrogen and oxygen atoms in total. The molecule has 66 valence electrons. The van der Waals surface area contributed by atoms with Crippen molar-refractivity contribution in [2.45, 2.75) is 0 Å². The van der Waals surface area contributed by atoms with Gasteiger partial charge in [-0.05, 0) is 18.2 Å². The van der Waals surface area contributed by atoms with E-state index in [1.165, 1.54) is 6.07 Å². The zero-order valence-electron chi connectivity index (χ0n) is 6.45. The lowest BCUT2D eigenvalue weighted by Crippen LogP contribution is -1.96. The van der Waals surface area contributed by atoms with Gasteiger partial charge in [-0.15, -0.1) is 0 Å². The summed E-state index contributed by atoms with van der Waals surface area (Å²) in [5.74, 6) is 0. The lowest BCUT2D eigenvalue weighted by molar-refractivity contribution is 0.490. The van der Waals surface area contributed by atoms with Crippen LogP contribution >= 0.6 is 22.9 Å². The van der Waals surface area contributed by atoms with Crippen molar-refractivity contribution < 1.29 is 5.11 Å². The largest absolute Gasteiger partial charge is 0.499 e. The molecule has 0 atom stereocenters. The molecule has 0 aliphatic carbocycles. The molecule has 1 aromatic heterocycles. The van der Waals surface area contributed by atoms with Crippen LogP contribution in [0.5, 0.6) is 5.06 Å². The van der Waals surface area contributed by atoms with E-state index in [2.05, 4.69) is 0 Å². The quantitative estimate of drug-likeness (QED) is 0.729. The molecule has 1 N–H and O–H groups in total. The Bertz CT molecular complexity index is 513. The minimum Gasteiger partial charge on any atom is -0.499 e. The predicted octanol–water partition coefficient (Wildman–Crippen LogP) is 2.62. The van der Waals surface area contributed by atoms with Crippen LogP contribution in [0, 0.1) is 0 Å². The van der Waals surface area contributed by atoms with Gasteiger partial charge in [0, 0.05) is 21.2 Å². The van der Waals surface area contributed by atoms with Crippen LogP contribution in [-0.4, -0.2) is 5.11 Å². The molecule has 0 spiro atoms. The third kappa shape index (κ3) is 1.53. The normalized spacial score (nSPS) is 10.5. The van der Waals surface area contributed by atoms with Gasteiger partial charge in [0.1, 0.15) is 0 Å². The molecule has 0 aliphatic heterocycles. The molecule has 0 radical (unpaired) electrons. The van der Waals surface area contributed by atoms with Crippen LogP contribution in [0.3, 0.4) is 0 Å². The van der Waals surface area contributed by atoms with E-state index in [0.717, 1.165) is 11.3 Å². The first-order valence-electron chi connectivity index (χ1n) is 3.59. The van der Waals surface area contributed by atoms with Crippen molar-refractivity contribution in [3.63, 3.8) is 0 Å². The van der Waals surface area contributed by atoms with Crippen molar-refractivity contribution in [1.82, 2.24) is 0 Å². The zero-order valence-corrected chi connectivity index (χ0v) is 8.02. The lowest BCUT2D eigenvalue weighted by Gasteiger charge is -1.96. The molecule has 13 heavy (non-hydrogen) atoms. The maximum Gasteiger partial charge on any atom is 0.191 e. The highest BCUT2D eigenvalue weighted by Gasteiger charge is 2.01. The first-order chi connectivity index (χ1) is 6.16. The number of fused-ring (bicyclic) bond motifs is 1. The van der Waals surface area contributed by atoms with Crippen LogP contribution < -0.4 is 5.43 Å². The minimum absolute atomic E-state index is 0.0137. The van der Waals surface area contributed by atoms with E-state index < -0.39 is 0 Å². The van der Waals surface area contributed by atoms with Crippen LogP contribution in [-0.2, 0) is 0 Å². The van der Waals surface area contributed by atoms with Crippen molar-refractivity contribution >= 4 is 33.0 Å². The molecule has 0 fully saturated rings. The highest BCUT2D eigenvalue weighted by atomic mass is 35.5. The standard InChI is InChI=1S/C9H5ClO2S/c10-5-1-2-6-7(11)4-9(12)13-8(6)3-5/h1-4,12H. The summed E-state index contributed by atoms with van der Waals surface area (Å²) < 4.78 is 0.706. The van der Waals surface area contributed by atoms with Gasteiger partial charge >= 0.3 is 0 Å². The van der Waals surface area contributed by atoms with Gasteiger partial charge in [0.05, 0.1) is 0 Å². The van der Waals surface area contributed by atoms with E-state index in [4.69, 9.17) is 11.6 Å². The highest BCUT2D eigenvalue weighted by Crippen LogP contribution is 2.25. The number of hydrogen-bond acceptors (Lipinski definition) is 3. The van der Waals surface area contributed by atoms with E-state index in [-0.39, 0.29) is 10.5 Å². The summed E-state index contributed by atoms with van der Waals surface area (Å²) in [4.78, 5) is 11.3. The Kier molecular flexibility index (Phi) is 1.98. The Labute approximate surface area is 83.0 Å². The Morgan fingerprint density at radius 3 is 2.85 bits per heavy atom. The number of aromatic hydroxyl groups is 1. The molecular formula is C9H5ClO2S. The van der Waals surface area contributed by atoms with Gasteiger partial charge in [-0.3, -0.25) is 4.79 Å². The second-order valence-corrected chi connectivity index (χ2v) is 4.09. The van der Waals surface area contributed by atoms with Crippen molar-refractivity contribution in [3.05, 3.63) is 39.5 Å². The first-order valence-corrected chi connectivity index (χ1v) is 4.78. The summed E-state index contributed by atoms with van der Waals surface area (Å²) in [7, 11) is 0. The van der Waals surface area contributed by atoms with E-state index >= 15 is 0 Å².